The molecule has 90 valence electrons. The van der Waals surface area contributed by atoms with Gasteiger partial charge in [0.25, 0.3) is 0 Å². The molecule has 0 bridgehead atoms. The number of para-hydroxylation sites is 1. The Morgan fingerprint density at radius 1 is 1.11 bits per heavy atom. The summed E-state index contributed by atoms with van der Waals surface area (Å²) >= 11 is 0. The molecule has 0 N–H and O–H groups in total. The first-order valence-electron chi connectivity index (χ1n) is 5.58. The van der Waals surface area contributed by atoms with Crippen molar-refractivity contribution in [2.75, 3.05) is 7.11 Å². The van der Waals surface area contributed by atoms with Crippen molar-refractivity contribution in [2.45, 2.75) is 6.61 Å². The number of hydrogen-bond donors (Lipinski definition) is 0. The van der Waals surface area contributed by atoms with Gasteiger partial charge in [-0.1, -0.05) is 18.2 Å². The maximum atomic E-state index is 8.88. The molecule has 0 fully saturated rings. The summed E-state index contributed by atoms with van der Waals surface area (Å²) in [6.45, 7) is 0.378. The average Bonchev–Trinajstić information content (AvgIpc) is 2.45. The van der Waals surface area contributed by atoms with Crippen LogP contribution < -0.4 is 9.47 Å². The normalized spacial score (nSPS) is 9.56. The van der Waals surface area contributed by atoms with E-state index < -0.39 is 0 Å². The molecule has 0 aromatic heterocycles. The van der Waals surface area contributed by atoms with Crippen LogP contribution in [0.3, 0.4) is 0 Å². The van der Waals surface area contributed by atoms with Crippen molar-refractivity contribution in [3.05, 3.63) is 59.7 Å². The lowest BCUT2D eigenvalue weighted by Gasteiger charge is -2.10. The Morgan fingerprint density at radius 3 is 2.56 bits per heavy atom. The van der Waals surface area contributed by atoms with Gasteiger partial charge in [-0.25, -0.2) is 0 Å². The molecule has 0 unspecified atom stereocenters. The Balaban J connectivity index is 2.15. The molecular weight excluding hydrogens is 226 g/mol. The highest BCUT2D eigenvalue weighted by Gasteiger charge is 2.05. The highest BCUT2D eigenvalue weighted by atomic mass is 16.5. The molecule has 0 atom stereocenters. The van der Waals surface area contributed by atoms with E-state index in [-0.39, 0.29) is 0 Å². The van der Waals surface area contributed by atoms with Gasteiger partial charge in [-0.15, -0.1) is 0 Å². The van der Waals surface area contributed by atoms with Crippen LogP contribution in [-0.2, 0) is 6.61 Å². The van der Waals surface area contributed by atoms with E-state index >= 15 is 0 Å². The maximum absolute atomic E-state index is 8.88. The first-order chi connectivity index (χ1) is 8.83. The first-order valence-corrected chi connectivity index (χ1v) is 5.58. The van der Waals surface area contributed by atoms with Crippen LogP contribution >= 0.6 is 0 Å². The van der Waals surface area contributed by atoms with Crippen LogP contribution in [0.25, 0.3) is 0 Å². The molecule has 2 aromatic carbocycles. The summed E-state index contributed by atoms with van der Waals surface area (Å²) in [4.78, 5) is 0. The second kappa shape index (κ2) is 5.74. The molecule has 0 radical (unpaired) electrons. The van der Waals surface area contributed by atoms with Gasteiger partial charge >= 0.3 is 0 Å². The zero-order chi connectivity index (χ0) is 12.8. The number of nitriles is 1. The van der Waals surface area contributed by atoms with Crippen LogP contribution in [0.5, 0.6) is 11.5 Å². The van der Waals surface area contributed by atoms with E-state index in [0.29, 0.717) is 12.2 Å². The smallest absolute Gasteiger partial charge is 0.125 e. The number of ether oxygens (including phenoxy) is 2. The van der Waals surface area contributed by atoms with Gasteiger partial charge in [0.05, 0.1) is 18.7 Å². The first kappa shape index (κ1) is 12.0. The predicted octanol–water partition coefficient (Wildman–Crippen LogP) is 3.15. The molecule has 0 saturated carbocycles. The van der Waals surface area contributed by atoms with Gasteiger partial charge in [0, 0.05) is 5.56 Å². The van der Waals surface area contributed by atoms with E-state index in [9.17, 15) is 0 Å². The molecule has 2 rings (SSSR count). The lowest BCUT2D eigenvalue weighted by Crippen LogP contribution is -1.99. The van der Waals surface area contributed by atoms with Crippen molar-refractivity contribution in [2.24, 2.45) is 0 Å². The summed E-state index contributed by atoms with van der Waals surface area (Å²) in [6, 6.07) is 16.9. The molecule has 18 heavy (non-hydrogen) atoms. The number of hydrogen-bond acceptors (Lipinski definition) is 3. The monoisotopic (exact) mass is 239 g/mol. The van der Waals surface area contributed by atoms with E-state index in [1.54, 1.807) is 25.3 Å². The van der Waals surface area contributed by atoms with E-state index in [2.05, 4.69) is 6.07 Å². The van der Waals surface area contributed by atoms with Crippen LogP contribution in [0, 0.1) is 11.3 Å². The Labute approximate surface area is 106 Å². The average molecular weight is 239 g/mol. The van der Waals surface area contributed by atoms with Gasteiger partial charge in [0.15, 0.2) is 0 Å². The molecular formula is C15H13NO2. The van der Waals surface area contributed by atoms with Crippen molar-refractivity contribution in [3.8, 4) is 17.6 Å². The minimum atomic E-state index is 0.378. The summed E-state index contributed by atoms with van der Waals surface area (Å²) in [5, 5.41) is 8.88. The second-order valence-corrected chi connectivity index (χ2v) is 3.74. The number of nitrogens with zero attached hydrogens (tertiary/aromatic N) is 1. The van der Waals surface area contributed by atoms with Crippen LogP contribution in [-0.4, -0.2) is 7.11 Å². The number of benzene rings is 2. The van der Waals surface area contributed by atoms with Crippen LogP contribution in [0.15, 0.2) is 48.5 Å². The van der Waals surface area contributed by atoms with Gasteiger partial charge in [-0.2, -0.15) is 5.26 Å². The number of methoxy groups -OCH3 is 1. The van der Waals surface area contributed by atoms with Gasteiger partial charge in [-0.05, 0) is 30.3 Å². The van der Waals surface area contributed by atoms with Crippen LogP contribution in [0.4, 0.5) is 0 Å². The number of rotatable bonds is 4. The third-order valence-electron chi connectivity index (χ3n) is 2.55. The van der Waals surface area contributed by atoms with E-state index in [4.69, 9.17) is 14.7 Å². The molecule has 0 aliphatic heterocycles. The highest BCUT2D eigenvalue weighted by molar-refractivity contribution is 5.42. The van der Waals surface area contributed by atoms with Crippen LogP contribution in [0.1, 0.15) is 11.1 Å². The summed E-state index contributed by atoms with van der Waals surface area (Å²) in [5.41, 5.74) is 1.46. The molecule has 3 nitrogen and oxygen atoms in total. The van der Waals surface area contributed by atoms with Gasteiger partial charge in [-0.3, -0.25) is 0 Å². The molecule has 0 saturated heterocycles. The molecule has 0 aliphatic carbocycles. The fourth-order valence-corrected chi connectivity index (χ4v) is 1.64. The van der Waals surface area contributed by atoms with Gasteiger partial charge < -0.3 is 9.47 Å². The summed E-state index contributed by atoms with van der Waals surface area (Å²) < 4.78 is 10.9. The van der Waals surface area contributed by atoms with Gasteiger partial charge in [0.2, 0.25) is 0 Å². The highest BCUT2D eigenvalue weighted by Crippen LogP contribution is 2.21. The summed E-state index contributed by atoms with van der Waals surface area (Å²) in [5.74, 6) is 1.52. The largest absolute Gasteiger partial charge is 0.496 e. The van der Waals surface area contributed by atoms with Crippen molar-refractivity contribution in [1.82, 2.24) is 0 Å². The van der Waals surface area contributed by atoms with Crippen molar-refractivity contribution < 1.29 is 9.47 Å². The summed E-state index contributed by atoms with van der Waals surface area (Å²) in [7, 11) is 1.60. The molecule has 2 aromatic rings. The Bertz CT molecular complexity index is 558. The van der Waals surface area contributed by atoms with Gasteiger partial charge in [0.1, 0.15) is 18.1 Å². The Kier molecular flexibility index (Phi) is 3.83. The Morgan fingerprint density at radius 2 is 1.89 bits per heavy atom. The van der Waals surface area contributed by atoms with Crippen LogP contribution in [0.2, 0.25) is 0 Å². The quantitative estimate of drug-likeness (QED) is 0.823. The third kappa shape index (κ3) is 2.80. The Hall–Kier alpha value is -2.47. The topological polar surface area (TPSA) is 42.2 Å². The van der Waals surface area contributed by atoms with E-state index in [0.717, 1.165) is 17.1 Å². The minimum Gasteiger partial charge on any atom is -0.496 e. The maximum Gasteiger partial charge on any atom is 0.125 e. The van der Waals surface area contributed by atoms with Crippen molar-refractivity contribution in [3.63, 3.8) is 0 Å². The zero-order valence-corrected chi connectivity index (χ0v) is 10.1. The molecule has 0 spiro atoms. The second-order valence-electron chi connectivity index (χ2n) is 3.74. The lowest BCUT2D eigenvalue weighted by molar-refractivity contribution is 0.296. The standard InChI is InChI=1S/C15H13NO2/c1-17-15-8-7-12(10-16)9-13(15)11-18-14-5-3-2-4-6-14/h2-9H,11H2,1H3. The predicted molar refractivity (Wildman–Crippen MR) is 68.5 cm³/mol. The molecule has 0 heterocycles. The third-order valence-corrected chi connectivity index (χ3v) is 2.55. The van der Waals surface area contributed by atoms with E-state index in [1.807, 2.05) is 30.3 Å². The molecule has 0 aliphatic rings. The lowest BCUT2D eigenvalue weighted by atomic mass is 10.1. The minimum absolute atomic E-state index is 0.378. The SMILES string of the molecule is COc1ccc(C#N)cc1COc1ccccc1. The molecule has 3 heteroatoms. The molecule has 0 amide bonds. The fraction of sp³-hybridized carbons (Fsp3) is 0.133. The fourth-order valence-electron chi connectivity index (χ4n) is 1.64. The zero-order valence-electron chi connectivity index (χ0n) is 10.1. The van der Waals surface area contributed by atoms with E-state index in [1.165, 1.54) is 0 Å². The van der Waals surface area contributed by atoms with Crippen molar-refractivity contribution in [1.29, 1.82) is 5.26 Å². The van der Waals surface area contributed by atoms with Crippen molar-refractivity contribution >= 4 is 0 Å². The summed E-state index contributed by atoms with van der Waals surface area (Å²) in [6.07, 6.45) is 0.